The Morgan fingerprint density at radius 1 is 1.27 bits per heavy atom. The average Bonchev–Trinajstić information content (AvgIpc) is 2.93. The molecule has 0 aliphatic rings. The zero-order valence-corrected chi connectivity index (χ0v) is 11.7. The SMILES string of the molecule is NNC(=O)COc1ccccc1-c1ccc2[nH]nc(N)c2c1. The van der Waals surface area contributed by atoms with Gasteiger partial charge in [-0.15, -0.1) is 0 Å². The van der Waals surface area contributed by atoms with Crippen LogP contribution in [0.3, 0.4) is 0 Å². The number of aromatic amines is 1. The quantitative estimate of drug-likeness (QED) is 0.327. The fraction of sp³-hybridized carbons (Fsp3) is 0.0667. The van der Waals surface area contributed by atoms with Crippen LogP contribution in [0.1, 0.15) is 0 Å². The number of rotatable bonds is 4. The summed E-state index contributed by atoms with van der Waals surface area (Å²) in [6.45, 7) is -0.149. The van der Waals surface area contributed by atoms with Crippen molar-refractivity contribution in [3.05, 3.63) is 42.5 Å². The largest absolute Gasteiger partial charge is 0.483 e. The molecule has 3 rings (SSSR count). The van der Waals surface area contributed by atoms with E-state index < -0.39 is 5.91 Å². The summed E-state index contributed by atoms with van der Waals surface area (Å²) in [5, 5.41) is 7.67. The third-order valence-corrected chi connectivity index (χ3v) is 3.31. The molecular formula is C15H15N5O2. The first-order chi connectivity index (χ1) is 10.7. The maximum absolute atomic E-state index is 11.2. The van der Waals surface area contributed by atoms with E-state index in [1.165, 1.54) is 0 Å². The Labute approximate surface area is 126 Å². The first-order valence-corrected chi connectivity index (χ1v) is 6.64. The number of hydrazine groups is 1. The Hall–Kier alpha value is -3.06. The van der Waals surface area contributed by atoms with Gasteiger partial charge in [0.15, 0.2) is 12.4 Å². The van der Waals surface area contributed by atoms with Crippen molar-refractivity contribution in [2.45, 2.75) is 0 Å². The Morgan fingerprint density at radius 3 is 2.91 bits per heavy atom. The first-order valence-electron chi connectivity index (χ1n) is 6.64. The van der Waals surface area contributed by atoms with Crippen LogP contribution in [0.2, 0.25) is 0 Å². The van der Waals surface area contributed by atoms with Gasteiger partial charge >= 0.3 is 0 Å². The van der Waals surface area contributed by atoms with Crippen LogP contribution < -0.4 is 21.7 Å². The van der Waals surface area contributed by atoms with E-state index in [1.54, 1.807) is 6.07 Å². The topological polar surface area (TPSA) is 119 Å². The van der Waals surface area contributed by atoms with E-state index >= 15 is 0 Å². The molecule has 1 aromatic heterocycles. The number of aromatic nitrogens is 2. The van der Waals surface area contributed by atoms with Gasteiger partial charge in [-0.2, -0.15) is 5.10 Å². The Bertz CT molecular complexity index is 828. The molecule has 0 unspecified atom stereocenters. The molecule has 0 aliphatic carbocycles. The number of carbonyl (C=O) groups is 1. The molecule has 6 N–H and O–H groups in total. The molecule has 7 heteroatoms. The minimum absolute atomic E-state index is 0.149. The number of nitrogens with zero attached hydrogens (tertiary/aromatic N) is 1. The zero-order chi connectivity index (χ0) is 15.5. The molecule has 112 valence electrons. The minimum atomic E-state index is -0.399. The number of amides is 1. The van der Waals surface area contributed by atoms with Crippen molar-refractivity contribution in [1.29, 1.82) is 0 Å². The van der Waals surface area contributed by atoms with E-state index in [0.717, 1.165) is 22.0 Å². The highest BCUT2D eigenvalue weighted by atomic mass is 16.5. The van der Waals surface area contributed by atoms with Crippen LogP contribution in [0.15, 0.2) is 42.5 Å². The van der Waals surface area contributed by atoms with Gasteiger partial charge in [-0.25, -0.2) is 5.84 Å². The maximum Gasteiger partial charge on any atom is 0.271 e. The second-order valence-corrected chi connectivity index (χ2v) is 4.72. The molecule has 1 heterocycles. The lowest BCUT2D eigenvalue weighted by Gasteiger charge is -2.11. The van der Waals surface area contributed by atoms with Gasteiger partial charge in [0.2, 0.25) is 0 Å². The molecule has 22 heavy (non-hydrogen) atoms. The van der Waals surface area contributed by atoms with Crippen LogP contribution in [-0.2, 0) is 4.79 Å². The number of benzene rings is 2. The second-order valence-electron chi connectivity index (χ2n) is 4.72. The van der Waals surface area contributed by atoms with E-state index in [2.05, 4.69) is 10.2 Å². The highest BCUT2D eigenvalue weighted by Crippen LogP contribution is 2.32. The third-order valence-electron chi connectivity index (χ3n) is 3.31. The summed E-state index contributed by atoms with van der Waals surface area (Å²) in [5.41, 5.74) is 10.5. The number of H-pyrrole nitrogens is 1. The Balaban J connectivity index is 1.98. The fourth-order valence-electron chi connectivity index (χ4n) is 2.22. The lowest BCUT2D eigenvalue weighted by molar-refractivity contribution is -0.123. The normalized spacial score (nSPS) is 10.6. The molecule has 7 nitrogen and oxygen atoms in total. The summed E-state index contributed by atoms with van der Waals surface area (Å²) in [6, 6.07) is 13.2. The maximum atomic E-state index is 11.2. The van der Waals surface area contributed by atoms with Crippen LogP contribution in [0.25, 0.3) is 22.0 Å². The highest BCUT2D eigenvalue weighted by molar-refractivity contribution is 5.92. The zero-order valence-electron chi connectivity index (χ0n) is 11.7. The number of fused-ring (bicyclic) bond motifs is 1. The molecule has 0 saturated carbocycles. The summed E-state index contributed by atoms with van der Waals surface area (Å²) in [7, 11) is 0. The van der Waals surface area contributed by atoms with Gasteiger partial charge < -0.3 is 10.5 Å². The minimum Gasteiger partial charge on any atom is -0.483 e. The van der Waals surface area contributed by atoms with Crippen molar-refractivity contribution in [1.82, 2.24) is 15.6 Å². The number of hydrogen-bond donors (Lipinski definition) is 4. The summed E-state index contributed by atoms with van der Waals surface area (Å²) in [5.74, 6) is 5.68. The summed E-state index contributed by atoms with van der Waals surface area (Å²) in [6.07, 6.45) is 0. The number of hydrogen-bond acceptors (Lipinski definition) is 5. The Kier molecular flexibility index (Phi) is 3.63. The number of nitrogens with one attached hydrogen (secondary N) is 2. The van der Waals surface area contributed by atoms with Crippen molar-refractivity contribution in [2.75, 3.05) is 12.3 Å². The average molecular weight is 297 g/mol. The molecule has 0 saturated heterocycles. The number of carbonyl (C=O) groups excluding carboxylic acids is 1. The van der Waals surface area contributed by atoms with Gasteiger partial charge in [0.05, 0.1) is 5.52 Å². The van der Waals surface area contributed by atoms with Crippen molar-refractivity contribution in [3.63, 3.8) is 0 Å². The second kappa shape index (κ2) is 5.74. The first kappa shape index (κ1) is 13.9. The predicted molar refractivity (Wildman–Crippen MR) is 83.8 cm³/mol. The van der Waals surface area contributed by atoms with Gasteiger partial charge in [0, 0.05) is 10.9 Å². The van der Waals surface area contributed by atoms with Gasteiger partial charge in [0.25, 0.3) is 5.91 Å². The lowest BCUT2D eigenvalue weighted by atomic mass is 10.0. The van der Waals surface area contributed by atoms with Gasteiger partial charge in [-0.1, -0.05) is 24.3 Å². The van der Waals surface area contributed by atoms with E-state index in [9.17, 15) is 4.79 Å². The molecule has 0 atom stereocenters. The Morgan fingerprint density at radius 2 is 2.09 bits per heavy atom. The highest BCUT2D eigenvalue weighted by Gasteiger charge is 2.10. The van der Waals surface area contributed by atoms with Gasteiger partial charge in [-0.05, 0) is 23.8 Å². The summed E-state index contributed by atoms with van der Waals surface area (Å²) in [4.78, 5) is 11.2. The van der Waals surface area contributed by atoms with Crippen LogP contribution in [0.5, 0.6) is 5.75 Å². The lowest BCUT2D eigenvalue weighted by Crippen LogP contribution is -2.34. The van der Waals surface area contributed by atoms with Crippen molar-refractivity contribution >= 4 is 22.6 Å². The number of nitrogens with two attached hydrogens (primary N) is 2. The van der Waals surface area contributed by atoms with E-state index in [4.69, 9.17) is 16.3 Å². The molecule has 3 aromatic rings. The van der Waals surface area contributed by atoms with Gasteiger partial charge in [0.1, 0.15) is 5.75 Å². The molecule has 1 amide bonds. The molecular weight excluding hydrogens is 282 g/mol. The van der Waals surface area contributed by atoms with Gasteiger partial charge in [-0.3, -0.25) is 15.3 Å². The number of nitrogen functional groups attached to an aromatic ring is 1. The van der Waals surface area contributed by atoms with E-state index in [1.807, 2.05) is 41.8 Å². The fourth-order valence-corrected chi connectivity index (χ4v) is 2.22. The third kappa shape index (κ3) is 2.57. The summed E-state index contributed by atoms with van der Waals surface area (Å²) >= 11 is 0. The van der Waals surface area contributed by atoms with E-state index in [-0.39, 0.29) is 6.61 Å². The molecule has 0 bridgehead atoms. The summed E-state index contributed by atoms with van der Waals surface area (Å²) < 4.78 is 5.52. The molecule has 0 fully saturated rings. The standard InChI is InChI=1S/C15H15N5O2/c16-15-11-7-9(5-6-12(11)19-20-15)10-3-1-2-4-13(10)22-8-14(21)18-17/h1-7H,8,17H2,(H,18,21)(H3,16,19,20). The number of para-hydroxylation sites is 1. The van der Waals surface area contributed by atoms with Crippen molar-refractivity contribution in [2.24, 2.45) is 5.84 Å². The van der Waals surface area contributed by atoms with Crippen LogP contribution >= 0.6 is 0 Å². The smallest absolute Gasteiger partial charge is 0.271 e. The van der Waals surface area contributed by atoms with E-state index in [0.29, 0.717) is 11.6 Å². The molecule has 0 radical (unpaired) electrons. The predicted octanol–water partition coefficient (Wildman–Crippen LogP) is 1.18. The monoisotopic (exact) mass is 297 g/mol. The number of anilines is 1. The molecule has 0 spiro atoms. The van der Waals surface area contributed by atoms with Crippen LogP contribution in [0, 0.1) is 0 Å². The van der Waals surface area contributed by atoms with Crippen molar-refractivity contribution < 1.29 is 9.53 Å². The molecule has 2 aromatic carbocycles. The number of ether oxygens (including phenoxy) is 1. The van der Waals surface area contributed by atoms with Crippen LogP contribution in [-0.4, -0.2) is 22.7 Å². The van der Waals surface area contributed by atoms with Crippen molar-refractivity contribution in [3.8, 4) is 16.9 Å². The van der Waals surface area contributed by atoms with Crippen LogP contribution in [0.4, 0.5) is 5.82 Å². The molecule has 0 aliphatic heterocycles.